The van der Waals surface area contributed by atoms with Gasteiger partial charge in [-0.3, -0.25) is 0 Å². The molecule has 6 rings (SSSR count). The van der Waals surface area contributed by atoms with Crippen molar-refractivity contribution in [1.29, 1.82) is 5.26 Å². The molecule has 1 heterocycles. The number of fused-ring (bicyclic) bond motifs is 5. The van der Waals surface area contributed by atoms with E-state index in [1.54, 1.807) is 0 Å². The maximum atomic E-state index is 10.1. The second kappa shape index (κ2) is 10.6. The average molecular weight is 541 g/mol. The van der Waals surface area contributed by atoms with E-state index in [2.05, 4.69) is 71.0 Å². The number of nitrogens with zero attached hydrogens (tertiary/aromatic N) is 1. The summed E-state index contributed by atoms with van der Waals surface area (Å²) in [5, 5.41) is 10.1. The van der Waals surface area contributed by atoms with Crippen LogP contribution in [0.1, 0.15) is 117 Å². The summed E-state index contributed by atoms with van der Waals surface area (Å²) < 4.78 is 6.36. The fourth-order valence-corrected chi connectivity index (χ4v) is 11.0. The lowest BCUT2D eigenvalue weighted by atomic mass is 9.44. The molecule has 40 heavy (non-hydrogen) atoms. The Morgan fingerprint density at radius 2 is 1.73 bits per heavy atom. The Balaban J connectivity index is 1.27. The highest BCUT2D eigenvalue weighted by atomic mass is 16.5. The van der Waals surface area contributed by atoms with Gasteiger partial charge in [-0.15, -0.1) is 0 Å². The molecule has 0 bridgehead atoms. The van der Waals surface area contributed by atoms with Gasteiger partial charge in [0.15, 0.2) is 0 Å². The van der Waals surface area contributed by atoms with Crippen molar-refractivity contribution >= 4 is 0 Å². The normalized spacial score (nSPS) is 39.5. The number of allylic oxidation sites excluding steroid dienone is 2. The summed E-state index contributed by atoms with van der Waals surface area (Å²) in [6.07, 6.45) is 14.4. The standard InChI is InChI=1S/C37H52N2O/c1-23(2)10-9-11-24(3)31-16-17-32-27-15-14-26-20-28-29(21-37(26,5)33(27)18-19-36(31,32)4)34(25-12-7-6-8-13-25)40-35(39)30(28)22-38/h6-8,12-13,23-24,26-27,31-34H,9-11,14-21,39H2,1-5H3/t24-,26+,27+,31-,32+,33+,34?,36-,37+/m1/s1. The molecule has 5 aliphatic rings. The van der Waals surface area contributed by atoms with E-state index in [1.807, 2.05) is 0 Å². The first-order valence-electron chi connectivity index (χ1n) is 16.5. The molecule has 4 aliphatic carbocycles. The van der Waals surface area contributed by atoms with Gasteiger partial charge in [0.25, 0.3) is 0 Å². The smallest absolute Gasteiger partial charge is 0.203 e. The lowest BCUT2D eigenvalue weighted by Gasteiger charge is -2.61. The quantitative estimate of drug-likeness (QED) is 0.391. The monoisotopic (exact) mass is 540 g/mol. The molecule has 3 nitrogen and oxygen atoms in total. The van der Waals surface area contributed by atoms with E-state index in [0.717, 1.165) is 53.9 Å². The minimum Gasteiger partial charge on any atom is -0.466 e. The Bertz CT molecular complexity index is 1210. The number of benzene rings is 1. The molecular formula is C37H52N2O. The molecule has 216 valence electrons. The number of hydrogen-bond acceptors (Lipinski definition) is 3. The molecule has 0 spiro atoms. The van der Waals surface area contributed by atoms with Crippen LogP contribution in [0.4, 0.5) is 0 Å². The highest BCUT2D eigenvalue weighted by molar-refractivity contribution is 5.52. The summed E-state index contributed by atoms with van der Waals surface area (Å²) in [6.45, 7) is 12.6. The molecule has 1 aliphatic heterocycles. The second-order valence-electron chi connectivity index (χ2n) is 15.3. The number of rotatable bonds is 6. The number of nitriles is 1. The van der Waals surface area contributed by atoms with Gasteiger partial charge in [-0.2, -0.15) is 5.26 Å². The first-order valence-corrected chi connectivity index (χ1v) is 16.5. The average Bonchev–Trinajstić information content (AvgIpc) is 3.29. The molecule has 3 heteroatoms. The Morgan fingerprint density at radius 3 is 2.45 bits per heavy atom. The summed E-state index contributed by atoms with van der Waals surface area (Å²) >= 11 is 0. The lowest BCUT2D eigenvalue weighted by Crippen LogP contribution is -2.53. The maximum absolute atomic E-state index is 10.1. The van der Waals surface area contributed by atoms with Crippen LogP contribution in [0.5, 0.6) is 0 Å². The van der Waals surface area contributed by atoms with Crippen molar-refractivity contribution in [1.82, 2.24) is 0 Å². The van der Waals surface area contributed by atoms with Crippen LogP contribution in [0.25, 0.3) is 0 Å². The molecule has 1 unspecified atom stereocenters. The van der Waals surface area contributed by atoms with Gasteiger partial charge in [-0.1, -0.05) is 84.2 Å². The Hall–Kier alpha value is -2.21. The molecule has 1 aromatic rings. The zero-order chi connectivity index (χ0) is 28.2. The molecule has 3 fully saturated rings. The Kier molecular flexibility index (Phi) is 7.38. The first kappa shape index (κ1) is 27.9. The third kappa shape index (κ3) is 4.44. The van der Waals surface area contributed by atoms with Gasteiger partial charge in [-0.05, 0) is 120 Å². The summed E-state index contributed by atoms with van der Waals surface area (Å²) in [5.74, 6) is 6.04. The van der Waals surface area contributed by atoms with E-state index in [-0.39, 0.29) is 11.5 Å². The van der Waals surface area contributed by atoms with E-state index in [4.69, 9.17) is 10.5 Å². The van der Waals surface area contributed by atoms with Crippen LogP contribution < -0.4 is 5.73 Å². The van der Waals surface area contributed by atoms with Gasteiger partial charge in [0.1, 0.15) is 17.7 Å². The zero-order valence-corrected chi connectivity index (χ0v) is 25.7. The Labute approximate surface area is 243 Å². The third-order valence-electron chi connectivity index (χ3n) is 13.0. The van der Waals surface area contributed by atoms with Crippen LogP contribution >= 0.6 is 0 Å². The largest absolute Gasteiger partial charge is 0.466 e. The van der Waals surface area contributed by atoms with Crippen molar-refractivity contribution in [3.8, 4) is 6.07 Å². The zero-order valence-electron chi connectivity index (χ0n) is 25.7. The number of hydrogen-bond donors (Lipinski definition) is 1. The number of ether oxygens (including phenoxy) is 1. The molecule has 3 saturated carbocycles. The van der Waals surface area contributed by atoms with E-state index >= 15 is 0 Å². The van der Waals surface area contributed by atoms with Gasteiger partial charge >= 0.3 is 0 Å². The van der Waals surface area contributed by atoms with Crippen molar-refractivity contribution in [3.63, 3.8) is 0 Å². The summed E-state index contributed by atoms with van der Waals surface area (Å²) in [7, 11) is 0. The fourth-order valence-electron chi connectivity index (χ4n) is 11.0. The molecule has 2 N–H and O–H groups in total. The fraction of sp³-hybridized carbons (Fsp3) is 0.703. The summed E-state index contributed by atoms with van der Waals surface area (Å²) in [5.41, 5.74) is 11.5. The minimum atomic E-state index is -0.164. The van der Waals surface area contributed by atoms with Crippen LogP contribution in [0.15, 0.2) is 52.9 Å². The van der Waals surface area contributed by atoms with Gasteiger partial charge in [0.2, 0.25) is 5.88 Å². The van der Waals surface area contributed by atoms with Gasteiger partial charge < -0.3 is 10.5 Å². The van der Waals surface area contributed by atoms with Gasteiger partial charge in [0.05, 0.1) is 0 Å². The van der Waals surface area contributed by atoms with Crippen LogP contribution in [0.2, 0.25) is 0 Å². The summed E-state index contributed by atoms with van der Waals surface area (Å²) in [6, 6.07) is 13.0. The van der Waals surface area contributed by atoms with Crippen LogP contribution in [0.3, 0.4) is 0 Å². The first-order chi connectivity index (χ1) is 19.2. The van der Waals surface area contributed by atoms with E-state index < -0.39 is 0 Å². The number of nitrogens with two attached hydrogens (primary N) is 1. The third-order valence-corrected chi connectivity index (χ3v) is 13.0. The topological polar surface area (TPSA) is 59.0 Å². The molecule has 1 aromatic carbocycles. The lowest BCUT2D eigenvalue weighted by molar-refractivity contribution is -0.105. The van der Waals surface area contributed by atoms with Crippen molar-refractivity contribution in [2.75, 3.05) is 0 Å². The van der Waals surface area contributed by atoms with Crippen LogP contribution in [-0.4, -0.2) is 0 Å². The van der Waals surface area contributed by atoms with E-state index in [0.29, 0.717) is 22.8 Å². The van der Waals surface area contributed by atoms with Crippen LogP contribution in [-0.2, 0) is 4.74 Å². The summed E-state index contributed by atoms with van der Waals surface area (Å²) in [4.78, 5) is 0. The van der Waals surface area contributed by atoms with Crippen molar-refractivity contribution in [3.05, 3.63) is 58.5 Å². The van der Waals surface area contributed by atoms with Gasteiger partial charge in [0, 0.05) is 0 Å². The van der Waals surface area contributed by atoms with Gasteiger partial charge in [-0.25, -0.2) is 0 Å². The van der Waals surface area contributed by atoms with Crippen LogP contribution in [0, 0.1) is 63.6 Å². The molecule has 0 amide bonds. The highest BCUT2D eigenvalue weighted by Crippen LogP contribution is 2.69. The molecule has 0 saturated heterocycles. The van der Waals surface area contributed by atoms with Crippen molar-refractivity contribution in [2.24, 2.45) is 58.0 Å². The highest BCUT2D eigenvalue weighted by Gasteiger charge is 2.61. The Morgan fingerprint density at radius 1 is 0.975 bits per heavy atom. The molecule has 0 radical (unpaired) electrons. The predicted octanol–water partition coefficient (Wildman–Crippen LogP) is 9.48. The minimum absolute atomic E-state index is 0.164. The molecule has 0 aromatic heterocycles. The van der Waals surface area contributed by atoms with Crippen molar-refractivity contribution in [2.45, 2.75) is 111 Å². The second-order valence-corrected chi connectivity index (χ2v) is 15.3. The molecular weight excluding hydrogens is 488 g/mol. The SMILES string of the molecule is CC(C)CCC[C@@H](C)[C@H]1CC[C@H]2[C@@H]3CC[C@H]4CC5=C(C[C@]4(C)[C@H]3CC[C@]12C)C(c1ccccc1)OC(N)=C5C#N. The molecule has 9 atom stereocenters. The van der Waals surface area contributed by atoms with E-state index in [1.165, 1.54) is 68.9 Å². The predicted molar refractivity (Wildman–Crippen MR) is 163 cm³/mol. The maximum Gasteiger partial charge on any atom is 0.203 e. The van der Waals surface area contributed by atoms with Crippen molar-refractivity contribution < 1.29 is 4.74 Å². The van der Waals surface area contributed by atoms with E-state index in [9.17, 15) is 5.26 Å².